The first-order valence-electron chi connectivity index (χ1n) is 15.1. The molecule has 0 fully saturated rings. The van der Waals surface area contributed by atoms with E-state index in [-0.39, 0.29) is 24.8 Å². The van der Waals surface area contributed by atoms with Crippen LogP contribution in [-0.2, 0) is 9.59 Å². The third-order valence-corrected chi connectivity index (χ3v) is 7.49. The van der Waals surface area contributed by atoms with E-state index in [9.17, 15) is 19.2 Å². The normalized spacial score (nSPS) is 10.5. The van der Waals surface area contributed by atoms with Crippen molar-refractivity contribution in [3.05, 3.63) is 154 Å². The minimum absolute atomic E-state index is 0.0806. The van der Waals surface area contributed by atoms with E-state index in [4.69, 9.17) is 9.47 Å². The van der Waals surface area contributed by atoms with E-state index >= 15 is 0 Å². The maximum Gasteiger partial charge on any atom is 0.262 e. The van der Waals surface area contributed by atoms with Crippen LogP contribution in [0.5, 0.6) is 11.5 Å². The zero-order valence-corrected chi connectivity index (χ0v) is 26.3. The summed E-state index contributed by atoms with van der Waals surface area (Å²) in [6.45, 7) is 4.96. The molecule has 5 rings (SSSR count). The Labute approximate surface area is 273 Å². The van der Waals surface area contributed by atoms with Gasteiger partial charge in [0.1, 0.15) is 11.5 Å². The molecule has 0 spiro atoms. The molecule has 0 saturated carbocycles. The summed E-state index contributed by atoms with van der Waals surface area (Å²) in [4.78, 5) is 51.3. The van der Waals surface area contributed by atoms with E-state index in [1.54, 1.807) is 78.9 Å². The molecule has 0 atom stereocenters. The van der Waals surface area contributed by atoms with Gasteiger partial charge in [-0.2, -0.15) is 0 Å². The smallest absolute Gasteiger partial charge is 0.262 e. The standard InChI is InChI=1S/C39H34N2O6/c1-25-11-7-8-14-31(25)39(45)30-18-20-35(27(3)22-30)47-24-37(43)41-33-16-10-9-15-32(33)40-36(42)23-46-34-19-17-29(21-26(34)2)38(44)28-12-5-4-6-13-28/h4-22H,23-24H2,1-3H3,(H,40,42)(H,41,43). The highest BCUT2D eigenvalue weighted by Crippen LogP contribution is 2.25. The molecule has 0 saturated heterocycles. The summed E-state index contributed by atoms with van der Waals surface area (Å²) in [6, 6.07) is 33.4. The first-order chi connectivity index (χ1) is 22.7. The molecule has 5 aromatic carbocycles. The quantitative estimate of drug-likeness (QED) is 0.143. The van der Waals surface area contributed by atoms with Gasteiger partial charge in [-0.3, -0.25) is 19.2 Å². The Hall–Kier alpha value is -6.02. The van der Waals surface area contributed by atoms with Crippen molar-refractivity contribution in [3.63, 3.8) is 0 Å². The zero-order chi connectivity index (χ0) is 33.3. The fourth-order valence-electron chi connectivity index (χ4n) is 5.00. The summed E-state index contributed by atoms with van der Waals surface area (Å²) >= 11 is 0. The second-order valence-electron chi connectivity index (χ2n) is 11.0. The summed E-state index contributed by atoms with van der Waals surface area (Å²) in [5.74, 6) is -0.0753. The van der Waals surface area contributed by atoms with Crippen molar-refractivity contribution in [3.8, 4) is 11.5 Å². The van der Waals surface area contributed by atoms with E-state index in [0.717, 1.165) is 16.7 Å². The van der Waals surface area contributed by atoms with Crippen LogP contribution in [0.25, 0.3) is 0 Å². The van der Waals surface area contributed by atoms with Gasteiger partial charge >= 0.3 is 0 Å². The highest BCUT2D eigenvalue weighted by molar-refractivity contribution is 6.10. The molecule has 0 aliphatic rings. The molecule has 0 bridgehead atoms. The van der Waals surface area contributed by atoms with Gasteiger partial charge < -0.3 is 20.1 Å². The van der Waals surface area contributed by atoms with E-state index in [2.05, 4.69) is 10.6 Å². The molecule has 8 nitrogen and oxygen atoms in total. The summed E-state index contributed by atoms with van der Waals surface area (Å²) in [7, 11) is 0. The molecule has 8 heteroatoms. The van der Waals surface area contributed by atoms with Crippen LogP contribution in [0.2, 0.25) is 0 Å². The summed E-state index contributed by atoms with van der Waals surface area (Å²) in [5, 5.41) is 5.54. The number of anilines is 2. The maximum absolute atomic E-state index is 13.0. The van der Waals surface area contributed by atoms with Crippen LogP contribution in [-0.4, -0.2) is 36.6 Å². The Morgan fingerprint density at radius 1 is 0.489 bits per heavy atom. The van der Waals surface area contributed by atoms with Crippen LogP contribution < -0.4 is 20.1 Å². The number of rotatable bonds is 12. The van der Waals surface area contributed by atoms with Gasteiger partial charge in [-0.1, -0.05) is 66.7 Å². The number of ether oxygens (including phenoxy) is 2. The van der Waals surface area contributed by atoms with Gasteiger partial charge in [-0.05, 0) is 86.0 Å². The van der Waals surface area contributed by atoms with E-state index in [0.29, 0.717) is 45.1 Å². The number of carbonyl (C=O) groups excluding carboxylic acids is 4. The molecular weight excluding hydrogens is 592 g/mol. The lowest BCUT2D eigenvalue weighted by Gasteiger charge is -2.14. The topological polar surface area (TPSA) is 111 Å². The van der Waals surface area contributed by atoms with Gasteiger partial charge in [0.2, 0.25) is 0 Å². The summed E-state index contributed by atoms with van der Waals surface area (Å²) in [5.41, 5.74) is 5.41. The molecule has 0 unspecified atom stereocenters. The van der Waals surface area contributed by atoms with Gasteiger partial charge in [0.15, 0.2) is 24.8 Å². The van der Waals surface area contributed by atoms with Crippen LogP contribution >= 0.6 is 0 Å². The van der Waals surface area contributed by atoms with Crippen molar-refractivity contribution >= 4 is 34.8 Å². The van der Waals surface area contributed by atoms with E-state index in [1.807, 2.05) is 57.2 Å². The lowest BCUT2D eigenvalue weighted by Crippen LogP contribution is -2.24. The molecule has 5 aromatic rings. The number of carbonyl (C=O) groups is 4. The Balaban J connectivity index is 1.14. The third-order valence-electron chi connectivity index (χ3n) is 7.49. The minimum Gasteiger partial charge on any atom is -0.483 e. The van der Waals surface area contributed by atoms with Gasteiger partial charge in [0.05, 0.1) is 11.4 Å². The molecule has 0 aliphatic heterocycles. The van der Waals surface area contributed by atoms with Crippen molar-refractivity contribution in [2.45, 2.75) is 20.8 Å². The molecule has 2 amide bonds. The largest absolute Gasteiger partial charge is 0.483 e. The summed E-state index contributed by atoms with van der Waals surface area (Å²) in [6.07, 6.45) is 0. The van der Waals surface area contributed by atoms with Crippen molar-refractivity contribution in [1.29, 1.82) is 0 Å². The first kappa shape index (κ1) is 32.4. The molecule has 0 aliphatic carbocycles. The fraction of sp³-hybridized carbons (Fsp3) is 0.128. The number of hydrogen-bond acceptors (Lipinski definition) is 6. The van der Waals surface area contributed by atoms with E-state index < -0.39 is 11.8 Å². The van der Waals surface area contributed by atoms with Crippen molar-refractivity contribution in [1.82, 2.24) is 0 Å². The Morgan fingerprint density at radius 2 is 0.957 bits per heavy atom. The van der Waals surface area contributed by atoms with Gasteiger partial charge in [-0.25, -0.2) is 0 Å². The number of benzene rings is 5. The minimum atomic E-state index is -0.428. The van der Waals surface area contributed by atoms with Crippen molar-refractivity contribution in [2.75, 3.05) is 23.8 Å². The van der Waals surface area contributed by atoms with Crippen molar-refractivity contribution < 1.29 is 28.7 Å². The third kappa shape index (κ3) is 8.18. The van der Waals surface area contributed by atoms with Gasteiger partial charge in [-0.15, -0.1) is 0 Å². The SMILES string of the molecule is Cc1cc(C(=O)c2ccccc2)ccc1OCC(=O)Nc1ccccc1NC(=O)COc1ccc(C(=O)c2ccccc2C)cc1C. The second-order valence-corrected chi connectivity index (χ2v) is 11.0. The predicted molar refractivity (Wildman–Crippen MR) is 182 cm³/mol. The van der Waals surface area contributed by atoms with Crippen molar-refractivity contribution in [2.24, 2.45) is 0 Å². The highest BCUT2D eigenvalue weighted by Gasteiger charge is 2.16. The second kappa shape index (κ2) is 14.8. The van der Waals surface area contributed by atoms with Gasteiger partial charge in [0, 0.05) is 22.3 Å². The molecule has 47 heavy (non-hydrogen) atoms. The molecule has 0 heterocycles. The first-order valence-corrected chi connectivity index (χ1v) is 15.1. The molecule has 0 radical (unpaired) electrons. The number of amides is 2. The molecule has 236 valence electrons. The predicted octanol–water partition coefficient (Wildman–Crippen LogP) is 7.11. The number of nitrogens with one attached hydrogen (secondary N) is 2. The van der Waals surface area contributed by atoms with E-state index in [1.165, 1.54) is 0 Å². The Bertz CT molecular complexity index is 1950. The number of hydrogen-bond donors (Lipinski definition) is 2. The highest BCUT2D eigenvalue weighted by atomic mass is 16.5. The lowest BCUT2D eigenvalue weighted by molar-refractivity contribution is -0.119. The average molecular weight is 627 g/mol. The van der Waals surface area contributed by atoms with Crippen LogP contribution in [0, 0.1) is 20.8 Å². The number of para-hydroxylation sites is 2. The number of ketones is 2. The lowest BCUT2D eigenvalue weighted by atomic mass is 9.98. The zero-order valence-electron chi connectivity index (χ0n) is 26.3. The molecule has 2 N–H and O–H groups in total. The maximum atomic E-state index is 13.0. The monoisotopic (exact) mass is 626 g/mol. The molecular formula is C39H34N2O6. The van der Waals surface area contributed by atoms with Crippen LogP contribution in [0.1, 0.15) is 48.5 Å². The van der Waals surface area contributed by atoms with Crippen LogP contribution in [0.4, 0.5) is 11.4 Å². The Morgan fingerprint density at radius 3 is 1.47 bits per heavy atom. The summed E-state index contributed by atoms with van der Waals surface area (Å²) < 4.78 is 11.5. The average Bonchev–Trinajstić information content (AvgIpc) is 3.08. The van der Waals surface area contributed by atoms with Crippen LogP contribution in [0.3, 0.4) is 0 Å². The number of aryl methyl sites for hydroxylation is 3. The Kier molecular flexibility index (Phi) is 10.2. The van der Waals surface area contributed by atoms with Gasteiger partial charge in [0.25, 0.3) is 11.8 Å². The molecule has 0 aromatic heterocycles. The van der Waals surface area contributed by atoms with Crippen LogP contribution in [0.15, 0.2) is 115 Å². The fourth-order valence-corrected chi connectivity index (χ4v) is 5.00.